The van der Waals surface area contributed by atoms with E-state index in [2.05, 4.69) is 35.3 Å². The summed E-state index contributed by atoms with van der Waals surface area (Å²) < 4.78 is 45.5. The molecule has 1 aliphatic carbocycles. The van der Waals surface area contributed by atoms with Gasteiger partial charge in [0.05, 0.1) is 5.69 Å². The molecule has 2 aromatic rings. The summed E-state index contributed by atoms with van der Waals surface area (Å²) in [6.07, 6.45) is 8.91. The maximum atomic E-state index is 14.4. The molecule has 0 bridgehead atoms. The monoisotopic (exact) mass is 491 g/mol. The van der Waals surface area contributed by atoms with Gasteiger partial charge in [0.15, 0.2) is 0 Å². The molecule has 1 heterocycles. The molecule has 1 saturated carbocycles. The minimum Gasteiger partial charge on any atom is -0.384 e. The van der Waals surface area contributed by atoms with Crippen molar-refractivity contribution in [3.63, 3.8) is 0 Å². The molecule has 0 spiro atoms. The van der Waals surface area contributed by atoms with Crippen LogP contribution in [0.2, 0.25) is 0 Å². The number of halogens is 2. The van der Waals surface area contributed by atoms with E-state index in [0.29, 0.717) is 16.7 Å². The molecular formula is C17H23BrFN5O2S2. The normalized spacial score (nSPS) is 15.4. The molecule has 28 heavy (non-hydrogen) atoms. The minimum atomic E-state index is -4.08. The molecule has 0 atom stereocenters. The number of nitrogens with one attached hydrogen (secondary N) is 2. The van der Waals surface area contributed by atoms with E-state index < -0.39 is 20.7 Å². The number of unbranched alkanes of at least 4 members (excludes halogenated alkanes) is 3. The Morgan fingerprint density at radius 3 is 2.68 bits per heavy atom. The van der Waals surface area contributed by atoms with Gasteiger partial charge < -0.3 is 11.1 Å². The van der Waals surface area contributed by atoms with Crippen molar-refractivity contribution in [3.05, 3.63) is 28.7 Å². The van der Waals surface area contributed by atoms with E-state index in [9.17, 15) is 12.8 Å². The SMILES string of the molecule is NC1(CCCCCCNc2cc(F)c(S(=O)(=O)Nc3ncns3)cc2Br)CC1. The van der Waals surface area contributed by atoms with Crippen molar-refractivity contribution in [2.75, 3.05) is 16.6 Å². The summed E-state index contributed by atoms with van der Waals surface area (Å²) in [6.45, 7) is 0.681. The van der Waals surface area contributed by atoms with Crippen LogP contribution in [-0.2, 0) is 10.0 Å². The van der Waals surface area contributed by atoms with E-state index in [0.717, 1.165) is 56.5 Å². The first-order chi connectivity index (χ1) is 13.3. The van der Waals surface area contributed by atoms with Gasteiger partial charge in [-0.05, 0) is 53.7 Å². The average Bonchev–Trinajstić information content (AvgIpc) is 3.14. The summed E-state index contributed by atoms with van der Waals surface area (Å²) in [5.41, 5.74) is 6.71. The smallest absolute Gasteiger partial charge is 0.266 e. The fourth-order valence-electron chi connectivity index (χ4n) is 2.85. The molecular weight excluding hydrogens is 469 g/mol. The largest absolute Gasteiger partial charge is 0.384 e. The van der Waals surface area contributed by atoms with Crippen LogP contribution in [0, 0.1) is 5.82 Å². The predicted molar refractivity (Wildman–Crippen MR) is 113 cm³/mol. The number of sulfonamides is 1. The van der Waals surface area contributed by atoms with E-state index in [1.807, 2.05) is 0 Å². The topological polar surface area (TPSA) is 110 Å². The lowest BCUT2D eigenvalue weighted by atomic mass is 10.1. The lowest BCUT2D eigenvalue weighted by Crippen LogP contribution is -2.20. The summed E-state index contributed by atoms with van der Waals surface area (Å²) in [5, 5.41) is 3.23. The highest BCUT2D eigenvalue weighted by Crippen LogP contribution is 2.37. The second kappa shape index (κ2) is 9.02. The molecule has 0 saturated heterocycles. The molecule has 11 heteroatoms. The van der Waals surface area contributed by atoms with Gasteiger partial charge in [-0.15, -0.1) is 0 Å². The third-order valence-corrected chi connectivity index (χ3v) is 7.42. The zero-order valence-electron chi connectivity index (χ0n) is 15.2. The van der Waals surface area contributed by atoms with Gasteiger partial charge in [0, 0.05) is 28.1 Å². The summed E-state index contributed by atoms with van der Waals surface area (Å²) >= 11 is 4.19. The number of benzene rings is 1. The van der Waals surface area contributed by atoms with Crippen LogP contribution < -0.4 is 15.8 Å². The molecule has 1 fully saturated rings. The van der Waals surface area contributed by atoms with Gasteiger partial charge in [0.2, 0.25) is 5.13 Å². The van der Waals surface area contributed by atoms with Crippen molar-refractivity contribution >= 4 is 48.3 Å². The Balaban J connectivity index is 1.50. The first-order valence-electron chi connectivity index (χ1n) is 9.10. The summed E-state index contributed by atoms with van der Waals surface area (Å²) in [6, 6.07) is 2.43. The van der Waals surface area contributed by atoms with Gasteiger partial charge in [0.25, 0.3) is 10.0 Å². The van der Waals surface area contributed by atoms with Crippen LogP contribution in [0.3, 0.4) is 0 Å². The van der Waals surface area contributed by atoms with Crippen LogP contribution in [0.1, 0.15) is 44.9 Å². The van der Waals surface area contributed by atoms with Crippen LogP contribution in [0.5, 0.6) is 0 Å². The van der Waals surface area contributed by atoms with Gasteiger partial charge in [-0.2, -0.15) is 4.37 Å². The number of hydrogen-bond donors (Lipinski definition) is 3. The number of anilines is 2. The van der Waals surface area contributed by atoms with E-state index in [1.165, 1.54) is 18.5 Å². The van der Waals surface area contributed by atoms with E-state index in [-0.39, 0.29) is 10.7 Å². The Bertz CT molecular complexity index is 905. The van der Waals surface area contributed by atoms with Crippen LogP contribution in [0.25, 0.3) is 0 Å². The molecule has 4 N–H and O–H groups in total. The van der Waals surface area contributed by atoms with E-state index in [1.54, 1.807) is 0 Å². The van der Waals surface area contributed by atoms with Gasteiger partial charge in [0.1, 0.15) is 17.0 Å². The third kappa shape index (κ3) is 5.85. The quantitative estimate of drug-likeness (QED) is 0.408. The standard InChI is InChI=1S/C17H23BrFN5O2S2/c18-12-9-15(28(25,26)24-16-22-11-23-27-16)13(19)10-14(12)21-8-4-2-1-3-5-17(20)6-7-17/h9-11,21H,1-8,20H2,(H,22,23,24). The predicted octanol–water partition coefficient (Wildman–Crippen LogP) is 4.09. The summed E-state index contributed by atoms with van der Waals surface area (Å²) in [5.74, 6) is -0.833. The summed E-state index contributed by atoms with van der Waals surface area (Å²) in [4.78, 5) is 3.30. The third-order valence-electron chi connectivity index (χ3n) is 4.70. The molecule has 1 aromatic carbocycles. The van der Waals surface area contributed by atoms with Crippen LogP contribution >= 0.6 is 27.5 Å². The zero-order valence-corrected chi connectivity index (χ0v) is 18.5. The van der Waals surface area contributed by atoms with Gasteiger partial charge >= 0.3 is 0 Å². The Kier molecular flexibility index (Phi) is 6.89. The molecule has 0 radical (unpaired) electrons. The first-order valence-corrected chi connectivity index (χ1v) is 12.2. The second-order valence-corrected chi connectivity index (χ2v) is 10.4. The summed E-state index contributed by atoms with van der Waals surface area (Å²) in [7, 11) is -4.08. The van der Waals surface area contributed by atoms with Crippen LogP contribution in [-0.4, -0.2) is 29.9 Å². The lowest BCUT2D eigenvalue weighted by Gasteiger charge is -2.12. The molecule has 0 unspecified atom stereocenters. The zero-order chi connectivity index (χ0) is 20.2. The Morgan fingerprint density at radius 2 is 2.00 bits per heavy atom. The Labute approximate surface area is 176 Å². The first kappa shape index (κ1) is 21.4. The van der Waals surface area contributed by atoms with Gasteiger partial charge in [-0.1, -0.05) is 19.3 Å². The van der Waals surface area contributed by atoms with E-state index in [4.69, 9.17) is 5.73 Å². The van der Waals surface area contributed by atoms with Crippen molar-refractivity contribution in [1.29, 1.82) is 0 Å². The highest BCUT2D eigenvalue weighted by Gasteiger charge is 2.36. The highest BCUT2D eigenvalue weighted by molar-refractivity contribution is 9.10. The number of aromatic nitrogens is 2. The van der Waals surface area contributed by atoms with E-state index >= 15 is 0 Å². The highest BCUT2D eigenvalue weighted by atomic mass is 79.9. The second-order valence-electron chi connectivity index (χ2n) is 7.07. The Morgan fingerprint density at radius 1 is 1.25 bits per heavy atom. The maximum Gasteiger partial charge on any atom is 0.266 e. The Hall–Kier alpha value is -1.30. The maximum absolute atomic E-state index is 14.4. The van der Waals surface area contributed by atoms with Crippen molar-refractivity contribution in [3.8, 4) is 0 Å². The number of nitrogens with two attached hydrogens (primary N) is 1. The molecule has 1 aliphatic rings. The van der Waals surface area contributed by atoms with Crippen molar-refractivity contribution in [2.45, 2.75) is 55.4 Å². The fraction of sp³-hybridized carbons (Fsp3) is 0.529. The van der Waals surface area contributed by atoms with Crippen molar-refractivity contribution < 1.29 is 12.8 Å². The lowest BCUT2D eigenvalue weighted by molar-refractivity contribution is 0.538. The fourth-order valence-corrected chi connectivity index (χ4v) is 5.23. The number of rotatable bonds is 11. The van der Waals surface area contributed by atoms with Crippen LogP contribution in [0.15, 0.2) is 27.8 Å². The van der Waals surface area contributed by atoms with Crippen molar-refractivity contribution in [1.82, 2.24) is 9.36 Å². The molecule has 7 nitrogen and oxygen atoms in total. The molecule has 1 aromatic heterocycles. The number of hydrogen-bond acceptors (Lipinski definition) is 7. The van der Waals surface area contributed by atoms with Gasteiger partial charge in [-0.25, -0.2) is 17.8 Å². The average molecular weight is 492 g/mol. The molecule has 0 aliphatic heterocycles. The molecule has 3 rings (SSSR count). The molecule has 0 amide bonds. The van der Waals surface area contributed by atoms with Gasteiger partial charge in [-0.3, -0.25) is 4.72 Å². The minimum absolute atomic E-state index is 0.0833. The molecule has 154 valence electrons. The van der Waals surface area contributed by atoms with Crippen LogP contribution in [0.4, 0.5) is 15.2 Å². The number of nitrogens with zero attached hydrogens (tertiary/aromatic N) is 2. The van der Waals surface area contributed by atoms with Crippen molar-refractivity contribution in [2.24, 2.45) is 5.73 Å².